The number of aliphatic hydroxyl groups excluding tert-OH is 1. The molecule has 0 aliphatic rings. The molecule has 1 atom stereocenters. The van der Waals surface area contributed by atoms with E-state index in [1.165, 1.54) is 12.1 Å². The average Bonchev–Trinajstić information content (AvgIpc) is 2.68. The van der Waals surface area contributed by atoms with E-state index in [4.69, 9.17) is 4.42 Å². The van der Waals surface area contributed by atoms with Gasteiger partial charge in [0.2, 0.25) is 0 Å². The number of aryl methyl sites for hydroxylation is 2. The van der Waals surface area contributed by atoms with Gasteiger partial charge < -0.3 is 9.52 Å². The topological polar surface area (TPSA) is 33.4 Å². The van der Waals surface area contributed by atoms with E-state index >= 15 is 0 Å². The quantitative estimate of drug-likeness (QED) is 0.916. The Hall–Kier alpha value is -1.75. The van der Waals surface area contributed by atoms with Crippen LogP contribution in [0.1, 0.15) is 34.3 Å². The fourth-order valence-electron chi connectivity index (χ4n) is 2.14. The molecular weight excluding hydrogens is 269 g/mol. The van der Waals surface area contributed by atoms with Gasteiger partial charge in [-0.2, -0.15) is 13.2 Å². The van der Waals surface area contributed by atoms with E-state index in [0.717, 1.165) is 12.1 Å². The summed E-state index contributed by atoms with van der Waals surface area (Å²) in [6.45, 7) is 3.53. The number of halogens is 3. The molecular formula is C15H15F3O2. The second-order valence-corrected chi connectivity index (χ2v) is 4.78. The van der Waals surface area contributed by atoms with Crippen molar-refractivity contribution in [2.45, 2.75) is 32.5 Å². The summed E-state index contributed by atoms with van der Waals surface area (Å²) in [5.41, 5.74) is 0.622. The lowest BCUT2D eigenvalue weighted by Gasteiger charge is -2.11. The molecule has 0 aliphatic heterocycles. The highest BCUT2D eigenvalue weighted by Crippen LogP contribution is 2.30. The normalized spacial score (nSPS) is 13.5. The lowest BCUT2D eigenvalue weighted by molar-refractivity contribution is -0.137. The van der Waals surface area contributed by atoms with Gasteiger partial charge in [-0.15, -0.1) is 0 Å². The van der Waals surface area contributed by atoms with Crippen LogP contribution in [0.2, 0.25) is 0 Å². The Morgan fingerprint density at radius 1 is 1.15 bits per heavy atom. The third-order valence-electron chi connectivity index (χ3n) is 3.15. The van der Waals surface area contributed by atoms with E-state index < -0.39 is 17.8 Å². The van der Waals surface area contributed by atoms with Crippen LogP contribution in [0.5, 0.6) is 0 Å². The SMILES string of the molecule is Cc1cc(C(O)Cc2ccc(C(F)(F)F)cc2)c(C)o1. The Balaban J connectivity index is 2.12. The number of rotatable bonds is 3. The molecule has 1 aromatic carbocycles. The van der Waals surface area contributed by atoms with Crippen molar-refractivity contribution in [2.75, 3.05) is 0 Å². The van der Waals surface area contributed by atoms with Gasteiger partial charge >= 0.3 is 6.18 Å². The summed E-state index contributed by atoms with van der Waals surface area (Å²) >= 11 is 0. The van der Waals surface area contributed by atoms with Crippen LogP contribution in [0.3, 0.4) is 0 Å². The Morgan fingerprint density at radius 2 is 1.75 bits per heavy atom. The Morgan fingerprint density at radius 3 is 2.20 bits per heavy atom. The molecule has 1 heterocycles. The second kappa shape index (κ2) is 5.32. The van der Waals surface area contributed by atoms with E-state index in [2.05, 4.69) is 0 Å². The van der Waals surface area contributed by atoms with Crippen molar-refractivity contribution in [3.05, 3.63) is 58.5 Å². The number of aliphatic hydroxyl groups is 1. The summed E-state index contributed by atoms with van der Waals surface area (Å²) < 4.78 is 42.7. The van der Waals surface area contributed by atoms with Gasteiger partial charge in [0.05, 0.1) is 11.7 Å². The van der Waals surface area contributed by atoms with Crippen LogP contribution in [0.4, 0.5) is 13.2 Å². The first-order chi connectivity index (χ1) is 9.27. The van der Waals surface area contributed by atoms with Crippen LogP contribution < -0.4 is 0 Å². The number of furan rings is 1. The molecule has 108 valence electrons. The van der Waals surface area contributed by atoms with Crippen LogP contribution in [0.25, 0.3) is 0 Å². The lowest BCUT2D eigenvalue weighted by atomic mass is 10.0. The fraction of sp³-hybridized carbons (Fsp3) is 0.333. The second-order valence-electron chi connectivity index (χ2n) is 4.78. The van der Waals surface area contributed by atoms with Crippen molar-refractivity contribution in [3.63, 3.8) is 0 Å². The zero-order valence-electron chi connectivity index (χ0n) is 11.2. The van der Waals surface area contributed by atoms with Crippen LogP contribution in [-0.2, 0) is 12.6 Å². The van der Waals surface area contributed by atoms with Gasteiger partial charge in [0.25, 0.3) is 0 Å². The first-order valence-corrected chi connectivity index (χ1v) is 6.18. The van der Waals surface area contributed by atoms with Gasteiger partial charge in [-0.05, 0) is 37.6 Å². The summed E-state index contributed by atoms with van der Waals surface area (Å²) in [6.07, 6.45) is -4.88. The zero-order chi connectivity index (χ0) is 14.9. The number of benzene rings is 1. The number of alkyl halides is 3. The van der Waals surface area contributed by atoms with E-state index in [-0.39, 0.29) is 6.42 Å². The average molecular weight is 284 g/mol. The monoisotopic (exact) mass is 284 g/mol. The highest BCUT2D eigenvalue weighted by molar-refractivity contribution is 5.28. The van der Waals surface area contributed by atoms with Gasteiger partial charge in [0.1, 0.15) is 11.5 Å². The zero-order valence-corrected chi connectivity index (χ0v) is 11.2. The first kappa shape index (κ1) is 14.7. The minimum atomic E-state index is -4.34. The van der Waals surface area contributed by atoms with Gasteiger partial charge in [-0.1, -0.05) is 12.1 Å². The third kappa shape index (κ3) is 3.22. The molecule has 2 rings (SSSR count). The molecule has 0 aliphatic carbocycles. The molecule has 1 N–H and O–H groups in total. The molecule has 1 unspecified atom stereocenters. The van der Waals surface area contributed by atoms with Crippen molar-refractivity contribution in [2.24, 2.45) is 0 Å². The Bertz CT molecular complexity index is 582. The molecule has 2 nitrogen and oxygen atoms in total. The van der Waals surface area contributed by atoms with Crippen LogP contribution >= 0.6 is 0 Å². The maximum atomic E-state index is 12.4. The molecule has 0 saturated carbocycles. The molecule has 1 aromatic heterocycles. The smallest absolute Gasteiger partial charge is 0.416 e. The molecule has 5 heteroatoms. The maximum Gasteiger partial charge on any atom is 0.416 e. The predicted octanol–water partition coefficient (Wildman–Crippen LogP) is 4.19. The molecule has 2 aromatic rings. The first-order valence-electron chi connectivity index (χ1n) is 6.18. The molecule has 0 amide bonds. The predicted molar refractivity (Wildman–Crippen MR) is 68.3 cm³/mol. The molecule has 0 radical (unpaired) electrons. The van der Waals surface area contributed by atoms with Crippen molar-refractivity contribution in [1.82, 2.24) is 0 Å². The standard InChI is InChI=1S/C15H15F3O2/c1-9-7-13(10(2)20-9)14(19)8-11-3-5-12(6-4-11)15(16,17)18/h3-7,14,19H,8H2,1-2H3. The van der Waals surface area contributed by atoms with Gasteiger partial charge in [0, 0.05) is 12.0 Å². The highest BCUT2D eigenvalue weighted by Gasteiger charge is 2.30. The van der Waals surface area contributed by atoms with Gasteiger partial charge in [-0.3, -0.25) is 0 Å². The summed E-state index contributed by atoms with van der Waals surface area (Å²) in [5.74, 6) is 1.32. The van der Waals surface area contributed by atoms with Crippen LogP contribution in [0, 0.1) is 13.8 Å². The largest absolute Gasteiger partial charge is 0.466 e. The van der Waals surface area contributed by atoms with E-state index in [1.54, 1.807) is 19.9 Å². The van der Waals surface area contributed by atoms with Crippen molar-refractivity contribution < 1.29 is 22.7 Å². The third-order valence-corrected chi connectivity index (χ3v) is 3.15. The molecule has 0 fully saturated rings. The number of hydrogen-bond donors (Lipinski definition) is 1. The van der Waals surface area contributed by atoms with Crippen molar-refractivity contribution >= 4 is 0 Å². The molecule has 0 spiro atoms. The Kier molecular flexibility index (Phi) is 3.90. The van der Waals surface area contributed by atoms with E-state index in [0.29, 0.717) is 22.6 Å². The van der Waals surface area contributed by atoms with Crippen LogP contribution in [-0.4, -0.2) is 5.11 Å². The van der Waals surface area contributed by atoms with E-state index in [9.17, 15) is 18.3 Å². The fourth-order valence-corrected chi connectivity index (χ4v) is 2.14. The summed E-state index contributed by atoms with van der Waals surface area (Å²) in [5, 5.41) is 10.1. The maximum absolute atomic E-state index is 12.4. The van der Waals surface area contributed by atoms with Crippen molar-refractivity contribution in [1.29, 1.82) is 0 Å². The number of hydrogen-bond acceptors (Lipinski definition) is 2. The Labute approximate surface area is 114 Å². The van der Waals surface area contributed by atoms with Gasteiger partial charge in [0.15, 0.2) is 0 Å². The molecule has 20 heavy (non-hydrogen) atoms. The van der Waals surface area contributed by atoms with Gasteiger partial charge in [-0.25, -0.2) is 0 Å². The minimum Gasteiger partial charge on any atom is -0.466 e. The highest BCUT2D eigenvalue weighted by atomic mass is 19.4. The van der Waals surface area contributed by atoms with Crippen LogP contribution in [0.15, 0.2) is 34.7 Å². The molecule has 0 bridgehead atoms. The minimum absolute atomic E-state index is 0.248. The van der Waals surface area contributed by atoms with Crippen molar-refractivity contribution in [3.8, 4) is 0 Å². The lowest BCUT2D eigenvalue weighted by Crippen LogP contribution is -2.06. The molecule has 0 saturated heterocycles. The summed E-state index contributed by atoms with van der Waals surface area (Å²) in [7, 11) is 0. The summed E-state index contributed by atoms with van der Waals surface area (Å²) in [4.78, 5) is 0. The van der Waals surface area contributed by atoms with E-state index in [1.807, 2.05) is 0 Å². The summed E-state index contributed by atoms with van der Waals surface area (Å²) in [6, 6.07) is 6.55.